The third-order valence-corrected chi connectivity index (χ3v) is 4.27. The summed E-state index contributed by atoms with van der Waals surface area (Å²) in [6, 6.07) is 4.32. The summed E-state index contributed by atoms with van der Waals surface area (Å²) in [7, 11) is 0. The minimum Gasteiger partial charge on any atom is -0.374 e. The summed E-state index contributed by atoms with van der Waals surface area (Å²) >= 11 is 1.84. The Morgan fingerprint density at radius 1 is 1.47 bits per heavy atom. The zero-order valence-corrected chi connectivity index (χ0v) is 11.6. The first-order chi connectivity index (χ1) is 9.40. The maximum atomic E-state index is 5.79. The molecule has 19 heavy (non-hydrogen) atoms. The van der Waals surface area contributed by atoms with E-state index in [2.05, 4.69) is 32.5 Å². The van der Waals surface area contributed by atoms with Crippen molar-refractivity contribution in [3.05, 3.63) is 35.0 Å². The van der Waals surface area contributed by atoms with Gasteiger partial charge in [-0.1, -0.05) is 6.07 Å². The third-order valence-electron chi connectivity index (χ3n) is 3.33. The van der Waals surface area contributed by atoms with Gasteiger partial charge in [0, 0.05) is 24.5 Å². The van der Waals surface area contributed by atoms with Crippen molar-refractivity contribution in [2.75, 3.05) is 26.2 Å². The van der Waals surface area contributed by atoms with Crippen LogP contribution in [0, 0.1) is 0 Å². The smallest absolute Gasteiger partial charge is 0.137 e. The van der Waals surface area contributed by atoms with Gasteiger partial charge in [0.15, 0.2) is 0 Å². The topological polar surface area (TPSA) is 43.2 Å². The Labute approximate surface area is 116 Å². The van der Waals surface area contributed by atoms with Crippen LogP contribution in [0.2, 0.25) is 0 Å². The van der Waals surface area contributed by atoms with E-state index >= 15 is 0 Å². The summed E-state index contributed by atoms with van der Waals surface area (Å²) in [5.74, 6) is 0. The van der Waals surface area contributed by atoms with E-state index in [0.29, 0.717) is 0 Å². The molecule has 0 radical (unpaired) electrons. The SMILES string of the molecule is c1csc(CCN2CCOC(Cn3cncn3)C2)c1. The highest BCUT2D eigenvalue weighted by Crippen LogP contribution is 2.12. The van der Waals surface area contributed by atoms with Crippen LogP contribution in [0.15, 0.2) is 30.2 Å². The van der Waals surface area contributed by atoms with Gasteiger partial charge in [-0.3, -0.25) is 9.58 Å². The summed E-state index contributed by atoms with van der Waals surface area (Å²) in [6.07, 6.45) is 4.66. The van der Waals surface area contributed by atoms with Crippen LogP contribution >= 0.6 is 11.3 Å². The van der Waals surface area contributed by atoms with Gasteiger partial charge in [-0.15, -0.1) is 11.3 Å². The molecule has 3 rings (SSSR count). The van der Waals surface area contributed by atoms with Gasteiger partial charge < -0.3 is 4.74 Å². The average molecular weight is 278 g/mol. The van der Waals surface area contributed by atoms with Crippen molar-refractivity contribution in [2.45, 2.75) is 19.1 Å². The fourth-order valence-electron chi connectivity index (χ4n) is 2.35. The number of aromatic nitrogens is 3. The molecule has 102 valence electrons. The normalized spacial score (nSPS) is 20.7. The Bertz CT molecular complexity index is 471. The number of nitrogens with zero attached hydrogens (tertiary/aromatic N) is 4. The quantitative estimate of drug-likeness (QED) is 0.826. The Morgan fingerprint density at radius 3 is 3.26 bits per heavy atom. The molecule has 1 atom stereocenters. The molecule has 1 unspecified atom stereocenters. The molecule has 6 heteroatoms. The van der Waals surface area contributed by atoms with E-state index in [9.17, 15) is 0 Å². The van der Waals surface area contributed by atoms with Crippen molar-refractivity contribution in [2.24, 2.45) is 0 Å². The van der Waals surface area contributed by atoms with Crippen molar-refractivity contribution in [3.63, 3.8) is 0 Å². The van der Waals surface area contributed by atoms with Crippen molar-refractivity contribution in [1.82, 2.24) is 19.7 Å². The fourth-order valence-corrected chi connectivity index (χ4v) is 3.05. The zero-order valence-electron chi connectivity index (χ0n) is 10.8. The molecule has 0 spiro atoms. The first-order valence-corrected chi connectivity index (χ1v) is 7.47. The van der Waals surface area contributed by atoms with E-state index in [1.54, 1.807) is 12.7 Å². The molecule has 3 heterocycles. The summed E-state index contributed by atoms with van der Waals surface area (Å²) in [6.45, 7) is 4.71. The molecule has 1 saturated heterocycles. The molecule has 1 aliphatic rings. The van der Waals surface area contributed by atoms with Crippen LogP contribution in [0.5, 0.6) is 0 Å². The number of hydrogen-bond donors (Lipinski definition) is 0. The number of rotatable bonds is 5. The van der Waals surface area contributed by atoms with Crippen LogP contribution < -0.4 is 0 Å². The Morgan fingerprint density at radius 2 is 2.47 bits per heavy atom. The Kier molecular flexibility index (Phi) is 4.22. The van der Waals surface area contributed by atoms with Crippen molar-refractivity contribution < 1.29 is 4.74 Å². The minimum atomic E-state index is 0.221. The second-order valence-corrected chi connectivity index (χ2v) is 5.77. The molecule has 0 amide bonds. The number of morpholine rings is 1. The molecule has 0 aliphatic carbocycles. The van der Waals surface area contributed by atoms with Gasteiger partial charge in [0.25, 0.3) is 0 Å². The minimum absolute atomic E-state index is 0.221. The molecule has 0 bridgehead atoms. The van der Waals surface area contributed by atoms with Gasteiger partial charge in [0.2, 0.25) is 0 Å². The highest BCUT2D eigenvalue weighted by molar-refractivity contribution is 7.09. The van der Waals surface area contributed by atoms with E-state index in [1.807, 2.05) is 16.0 Å². The van der Waals surface area contributed by atoms with Crippen LogP contribution in [-0.4, -0.2) is 52.0 Å². The highest BCUT2D eigenvalue weighted by Gasteiger charge is 2.20. The van der Waals surface area contributed by atoms with Crippen LogP contribution in [0.25, 0.3) is 0 Å². The highest BCUT2D eigenvalue weighted by atomic mass is 32.1. The maximum Gasteiger partial charge on any atom is 0.137 e. The van der Waals surface area contributed by atoms with Crippen molar-refractivity contribution in [3.8, 4) is 0 Å². The zero-order chi connectivity index (χ0) is 12.9. The van der Waals surface area contributed by atoms with Crippen LogP contribution in [0.1, 0.15) is 4.88 Å². The number of ether oxygens (including phenoxy) is 1. The number of thiophene rings is 1. The third kappa shape index (κ3) is 3.62. The van der Waals surface area contributed by atoms with Crippen molar-refractivity contribution >= 4 is 11.3 Å². The Balaban J connectivity index is 1.47. The molecule has 0 N–H and O–H groups in total. The lowest BCUT2D eigenvalue weighted by Crippen LogP contribution is -2.44. The van der Waals surface area contributed by atoms with Crippen molar-refractivity contribution in [1.29, 1.82) is 0 Å². The van der Waals surface area contributed by atoms with Gasteiger partial charge in [-0.25, -0.2) is 4.98 Å². The van der Waals surface area contributed by atoms with Gasteiger partial charge in [-0.2, -0.15) is 5.10 Å². The second-order valence-electron chi connectivity index (χ2n) is 4.74. The monoisotopic (exact) mass is 278 g/mol. The largest absolute Gasteiger partial charge is 0.374 e. The molecular weight excluding hydrogens is 260 g/mol. The van der Waals surface area contributed by atoms with E-state index in [-0.39, 0.29) is 6.10 Å². The second kappa shape index (κ2) is 6.27. The van der Waals surface area contributed by atoms with E-state index in [0.717, 1.165) is 39.2 Å². The molecule has 2 aromatic heterocycles. The summed E-state index contributed by atoms with van der Waals surface area (Å²) in [5.41, 5.74) is 0. The summed E-state index contributed by atoms with van der Waals surface area (Å²) < 4.78 is 7.63. The predicted octanol–water partition coefficient (Wildman–Crippen LogP) is 1.28. The van der Waals surface area contributed by atoms with Gasteiger partial charge >= 0.3 is 0 Å². The first-order valence-electron chi connectivity index (χ1n) is 6.59. The molecule has 0 aromatic carbocycles. The van der Waals surface area contributed by atoms with Crippen LogP contribution in [0.3, 0.4) is 0 Å². The van der Waals surface area contributed by atoms with Gasteiger partial charge in [-0.05, 0) is 17.9 Å². The lowest BCUT2D eigenvalue weighted by Gasteiger charge is -2.32. The first kappa shape index (κ1) is 12.8. The summed E-state index contributed by atoms with van der Waals surface area (Å²) in [5, 5.41) is 6.27. The lowest BCUT2D eigenvalue weighted by molar-refractivity contribution is -0.0370. The van der Waals surface area contributed by atoms with E-state index < -0.39 is 0 Å². The standard InChI is InChI=1S/C13H18N4OS/c1-2-13(19-7-1)3-4-16-5-6-18-12(8-16)9-17-11-14-10-15-17/h1-2,7,10-12H,3-6,8-9H2. The molecule has 2 aromatic rings. The van der Waals surface area contributed by atoms with Crippen LogP contribution in [-0.2, 0) is 17.7 Å². The molecular formula is C13H18N4OS. The summed E-state index contributed by atoms with van der Waals surface area (Å²) in [4.78, 5) is 7.90. The average Bonchev–Trinajstić information content (AvgIpc) is 3.10. The molecule has 1 fully saturated rings. The number of hydrogen-bond acceptors (Lipinski definition) is 5. The lowest BCUT2D eigenvalue weighted by atomic mass is 10.2. The predicted molar refractivity (Wildman–Crippen MR) is 74.2 cm³/mol. The Hall–Kier alpha value is -1.24. The van der Waals surface area contributed by atoms with E-state index in [1.165, 1.54) is 4.88 Å². The van der Waals surface area contributed by atoms with Crippen LogP contribution in [0.4, 0.5) is 0 Å². The molecule has 0 saturated carbocycles. The van der Waals surface area contributed by atoms with E-state index in [4.69, 9.17) is 4.74 Å². The fraction of sp³-hybridized carbons (Fsp3) is 0.538. The van der Waals surface area contributed by atoms with Gasteiger partial charge in [0.05, 0.1) is 19.3 Å². The molecule has 5 nitrogen and oxygen atoms in total. The van der Waals surface area contributed by atoms with Gasteiger partial charge in [0.1, 0.15) is 12.7 Å². The maximum absolute atomic E-state index is 5.79. The molecule has 1 aliphatic heterocycles.